The lowest BCUT2D eigenvalue weighted by Gasteiger charge is -2.25. The van der Waals surface area contributed by atoms with Crippen molar-refractivity contribution >= 4 is 53.0 Å². The highest BCUT2D eigenvalue weighted by atomic mass is 16.5. The number of hydrogen-bond donors (Lipinski definition) is 7. The number of aryl methyl sites for hydroxylation is 1. The number of hydrogen-bond acceptors (Lipinski definition) is 9. The molecule has 320 valence electrons. The van der Waals surface area contributed by atoms with Crippen molar-refractivity contribution in [2.24, 2.45) is 11.7 Å². The van der Waals surface area contributed by atoms with E-state index in [-0.39, 0.29) is 62.8 Å². The highest BCUT2D eigenvalue weighted by molar-refractivity contribution is 6.12. The van der Waals surface area contributed by atoms with Crippen LogP contribution < -0.4 is 32.3 Å². The zero-order valence-corrected chi connectivity index (χ0v) is 34.3. The normalized spacial score (nSPS) is 13.1. The molecule has 0 fully saturated rings. The second-order valence-corrected chi connectivity index (χ2v) is 15.0. The summed E-state index contributed by atoms with van der Waals surface area (Å²) >= 11 is 0. The minimum atomic E-state index is -1.04. The van der Waals surface area contributed by atoms with E-state index in [4.69, 9.17) is 10.5 Å². The van der Waals surface area contributed by atoms with E-state index < -0.39 is 36.0 Å². The summed E-state index contributed by atoms with van der Waals surface area (Å²) in [7, 11) is 0. The number of carbonyl (C=O) groups is 7. The molecular weight excluding hydrogens is 771 g/mol. The van der Waals surface area contributed by atoms with Crippen LogP contribution in [0.3, 0.4) is 0 Å². The third kappa shape index (κ3) is 15.0. The number of aliphatic hydroxyl groups is 1. The SMILES string of the molecule is Cc1cccc(Cc2ccc(NC(=O)OCc3ccc(NC(=O)[C@H](CCCNC(N)=O)NC(=O)[C@@H](NC(=O)CCCCCN4C(=O)C=CC4=O)C(C)C)cc3)c(CO)c2)c1. The molecule has 0 unspecified atom stereocenters. The van der Waals surface area contributed by atoms with Crippen LogP contribution in [0.2, 0.25) is 0 Å². The topological polar surface area (TPSA) is 238 Å². The van der Waals surface area contributed by atoms with E-state index in [1.807, 2.05) is 37.3 Å². The number of nitrogens with one attached hydrogen (secondary N) is 5. The van der Waals surface area contributed by atoms with Crippen LogP contribution >= 0.6 is 0 Å². The Morgan fingerprint density at radius 3 is 2.17 bits per heavy atom. The van der Waals surface area contributed by atoms with Crippen molar-refractivity contribution in [3.8, 4) is 0 Å². The first kappa shape index (κ1) is 46.1. The van der Waals surface area contributed by atoms with Crippen LogP contribution in [0.15, 0.2) is 78.9 Å². The van der Waals surface area contributed by atoms with Crippen molar-refractivity contribution in [1.82, 2.24) is 20.9 Å². The van der Waals surface area contributed by atoms with Crippen molar-refractivity contribution in [3.63, 3.8) is 0 Å². The summed E-state index contributed by atoms with van der Waals surface area (Å²) in [5, 5.41) is 23.4. The molecule has 16 heteroatoms. The molecule has 8 N–H and O–H groups in total. The Bertz CT molecular complexity index is 2020. The number of rotatable bonds is 22. The molecule has 0 saturated heterocycles. The predicted molar refractivity (Wildman–Crippen MR) is 225 cm³/mol. The maximum Gasteiger partial charge on any atom is 0.411 e. The summed E-state index contributed by atoms with van der Waals surface area (Å²) in [6.07, 6.45) is 4.59. The molecule has 1 aliphatic rings. The van der Waals surface area contributed by atoms with Gasteiger partial charge in [0.25, 0.3) is 11.8 Å². The minimum absolute atomic E-state index is 0.0772. The van der Waals surface area contributed by atoms with Crippen LogP contribution in [0.5, 0.6) is 0 Å². The van der Waals surface area contributed by atoms with Crippen LogP contribution in [0, 0.1) is 12.8 Å². The quantitative estimate of drug-likeness (QED) is 0.0563. The van der Waals surface area contributed by atoms with Crippen molar-refractivity contribution in [2.45, 2.75) is 91.0 Å². The Morgan fingerprint density at radius 1 is 0.800 bits per heavy atom. The van der Waals surface area contributed by atoms with E-state index in [9.17, 15) is 38.7 Å². The summed E-state index contributed by atoms with van der Waals surface area (Å²) in [6, 6.07) is 17.5. The van der Waals surface area contributed by atoms with Gasteiger partial charge >= 0.3 is 12.1 Å². The van der Waals surface area contributed by atoms with Gasteiger partial charge in [0.2, 0.25) is 17.7 Å². The largest absolute Gasteiger partial charge is 0.444 e. The first-order valence-electron chi connectivity index (χ1n) is 20.0. The van der Waals surface area contributed by atoms with Gasteiger partial charge in [0.05, 0.1) is 6.61 Å². The van der Waals surface area contributed by atoms with Crippen LogP contribution in [0.4, 0.5) is 21.0 Å². The maximum atomic E-state index is 13.5. The molecule has 0 aliphatic carbocycles. The molecule has 1 heterocycles. The van der Waals surface area contributed by atoms with Gasteiger partial charge < -0.3 is 36.8 Å². The van der Waals surface area contributed by atoms with Gasteiger partial charge in [-0.25, -0.2) is 9.59 Å². The average molecular weight is 826 g/mol. The molecule has 2 atom stereocenters. The van der Waals surface area contributed by atoms with E-state index in [0.29, 0.717) is 54.6 Å². The maximum absolute atomic E-state index is 13.5. The van der Waals surface area contributed by atoms with E-state index in [2.05, 4.69) is 32.7 Å². The Balaban J connectivity index is 1.27. The summed E-state index contributed by atoms with van der Waals surface area (Å²) < 4.78 is 5.41. The second kappa shape index (κ2) is 23.1. The lowest BCUT2D eigenvalue weighted by Crippen LogP contribution is -2.54. The molecular formula is C44H55N7O9. The second-order valence-electron chi connectivity index (χ2n) is 15.0. The number of ether oxygens (including phenoxy) is 1. The van der Waals surface area contributed by atoms with Gasteiger partial charge in [-0.2, -0.15) is 0 Å². The standard InChI is InChI=1S/C44H55N7O9/c1-28(2)40(50-37(53)12-5-4-6-22-51-38(54)19-20-39(51)55)42(57)48-36(11-8-21-46-43(45)58)41(56)47-34-16-13-30(14-17-34)27-60-44(59)49-35-18-15-32(25-33(35)26-52)24-31-10-7-9-29(3)23-31/h7,9-10,13-20,23,25,28,36,40,52H,4-6,8,11-12,21-22,24,26-27H2,1-3H3,(H,47,56)(H,48,57)(H,49,59)(H,50,53)(H3,45,46,58)/t36-,40-/m0/s1. The summed E-state index contributed by atoms with van der Waals surface area (Å²) in [4.78, 5) is 88.3. The Kier molecular flexibility index (Phi) is 17.8. The fraction of sp³-hybridized carbons (Fsp3) is 0.386. The number of imide groups is 1. The molecule has 60 heavy (non-hydrogen) atoms. The third-order valence-corrected chi connectivity index (χ3v) is 9.71. The molecule has 0 aromatic heterocycles. The van der Waals surface area contributed by atoms with Crippen molar-refractivity contribution in [2.75, 3.05) is 23.7 Å². The zero-order chi connectivity index (χ0) is 43.6. The number of primary amides is 1. The number of urea groups is 1. The van der Waals surface area contributed by atoms with E-state index in [1.54, 1.807) is 44.2 Å². The van der Waals surface area contributed by atoms with Crippen LogP contribution in [0.25, 0.3) is 0 Å². The van der Waals surface area contributed by atoms with E-state index in [1.165, 1.54) is 12.2 Å². The fourth-order valence-electron chi connectivity index (χ4n) is 6.49. The molecule has 0 saturated carbocycles. The van der Waals surface area contributed by atoms with Crippen molar-refractivity contribution in [1.29, 1.82) is 0 Å². The lowest BCUT2D eigenvalue weighted by atomic mass is 10.0. The lowest BCUT2D eigenvalue weighted by molar-refractivity contribution is -0.137. The zero-order valence-electron chi connectivity index (χ0n) is 34.3. The van der Waals surface area contributed by atoms with E-state index >= 15 is 0 Å². The molecule has 0 bridgehead atoms. The van der Waals surface area contributed by atoms with E-state index in [0.717, 1.165) is 21.6 Å². The van der Waals surface area contributed by atoms with Crippen LogP contribution in [-0.2, 0) is 48.3 Å². The van der Waals surface area contributed by atoms with Gasteiger partial charge in [-0.1, -0.05) is 74.4 Å². The first-order chi connectivity index (χ1) is 28.7. The fourth-order valence-corrected chi connectivity index (χ4v) is 6.49. The molecule has 8 amide bonds. The Labute approximate surface area is 349 Å². The highest BCUT2D eigenvalue weighted by Gasteiger charge is 2.29. The van der Waals surface area contributed by atoms with Gasteiger partial charge in [-0.15, -0.1) is 0 Å². The molecule has 16 nitrogen and oxygen atoms in total. The van der Waals surface area contributed by atoms with Crippen molar-refractivity contribution in [3.05, 3.63) is 107 Å². The van der Waals surface area contributed by atoms with Crippen molar-refractivity contribution < 1.29 is 43.4 Å². The van der Waals surface area contributed by atoms with Crippen LogP contribution in [0.1, 0.15) is 80.2 Å². The molecule has 0 spiro atoms. The molecule has 3 aromatic carbocycles. The van der Waals surface area contributed by atoms with Gasteiger partial charge in [0.15, 0.2) is 0 Å². The number of anilines is 2. The number of nitrogens with zero attached hydrogens (tertiary/aromatic N) is 1. The minimum Gasteiger partial charge on any atom is -0.444 e. The predicted octanol–water partition coefficient (Wildman–Crippen LogP) is 4.32. The number of benzene rings is 3. The molecule has 3 aromatic rings. The summed E-state index contributed by atoms with van der Waals surface area (Å²) in [5.74, 6) is -2.48. The van der Waals surface area contributed by atoms with Gasteiger partial charge in [-0.3, -0.25) is 34.2 Å². The third-order valence-electron chi connectivity index (χ3n) is 9.71. The summed E-state index contributed by atoms with van der Waals surface area (Å²) in [6.45, 7) is 5.63. The number of nitrogens with two attached hydrogens (primary N) is 1. The van der Waals surface area contributed by atoms with Crippen LogP contribution in [-0.4, -0.2) is 76.8 Å². The molecule has 0 radical (unpaired) electrons. The number of unbranched alkanes of at least 4 members (excludes halogenated alkanes) is 2. The Hall–Kier alpha value is -6.55. The van der Waals surface area contributed by atoms with Gasteiger partial charge in [0.1, 0.15) is 18.7 Å². The Morgan fingerprint density at radius 2 is 1.50 bits per heavy atom. The summed E-state index contributed by atoms with van der Waals surface area (Å²) in [5.41, 5.74) is 10.5. The number of carbonyl (C=O) groups excluding carboxylic acids is 7. The number of aliphatic hydroxyl groups excluding tert-OH is 1. The monoisotopic (exact) mass is 825 g/mol. The highest BCUT2D eigenvalue weighted by Crippen LogP contribution is 2.21. The smallest absolute Gasteiger partial charge is 0.411 e. The molecule has 1 aliphatic heterocycles. The van der Waals surface area contributed by atoms with Gasteiger partial charge in [0, 0.05) is 48.6 Å². The number of amides is 8. The van der Waals surface area contributed by atoms with Gasteiger partial charge in [-0.05, 0) is 79.8 Å². The first-order valence-corrected chi connectivity index (χ1v) is 20.0. The molecule has 4 rings (SSSR count). The average Bonchev–Trinajstić information content (AvgIpc) is 3.53.